The van der Waals surface area contributed by atoms with E-state index >= 15 is 0 Å². The number of carbonyl (C=O) groups excluding carboxylic acids is 2. The summed E-state index contributed by atoms with van der Waals surface area (Å²) in [4.78, 5) is 37.0. The van der Waals surface area contributed by atoms with Gasteiger partial charge in [-0.1, -0.05) is 30.3 Å². The van der Waals surface area contributed by atoms with Gasteiger partial charge in [-0.15, -0.1) is 0 Å². The molecule has 1 aliphatic heterocycles. The number of aliphatic hydroxyl groups excluding tert-OH is 1. The summed E-state index contributed by atoms with van der Waals surface area (Å²) in [6.45, 7) is -0.0356. The molecule has 0 bridgehead atoms. The lowest BCUT2D eigenvalue weighted by Crippen LogP contribution is -2.45. The van der Waals surface area contributed by atoms with E-state index in [-0.39, 0.29) is 38.5 Å². The van der Waals surface area contributed by atoms with Gasteiger partial charge in [-0.05, 0) is 5.56 Å². The van der Waals surface area contributed by atoms with E-state index in [9.17, 15) is 14.4 Å². The van der Waals surface area contributed by atoms with Crippen LogP contribution in [0.1, 0.15) is 18.4 Å². The van der Waals surface area contributed by atoms with Crippen molar-refractivity contribution in [1.29, 1.82) is 0 Å². The number of benzene rings is 1. The van der Waals surface area contributed by atoms with Gasteiger partial charge in [-0.2, -0.15) is 0 Å². The highest BCUT2D eigenvalue weighted by Gasteiger charge is 2.41. The zero-order chi connectivity index (χ0) is 17.5. The van der Waals surface area contributed by atoms with E-state index in [1.807, 2.05) is 30.3 Å². The standard InChI is InChI=1S/C17H21NO6/c19-7-4-8-24-17(23)14(9-12-5-2-1-3-6-12)18-11-13(16(21)22)10-15(18)20/h1-3,5-6,13-14,19H,4,7-11H2,(H,21,22). The summed E-state index contributed by atoms with van der Waals surface area (Å²) in [5.41, 5.74) is 0.855. The molecule has 0 saturated carbocycles. The fourth-order valence-electron chi connectivity index (χ4n) is 2.69. The van der Waals surface area contributed by atoms with Crippen LogP contribution in [0.4, 0.5) is 0 Å². The molecule has 1 aromatic carbocycles. The molecule has 0 radical (unpaired) electrons. The van der Waals surface area contributed by atoms with Gasteiger partial charge >= 0.3 is 11.9 Å². The molecule has 2 N–H and O–H groups in total. The van der Waals surface area contributed by atoms with Crippen LogP contribution in [0, 0.1) is 5.92 Å². The number of aliphatic hydroxyl groups is 1. The SMILES string of the molecule is O=C(O)C1CC(=O)N(C(Cc2ccccc2)C(=O)OCCCO)C1. The maximum absolute atomic E-state index is 12.4. The Balaban J connectivity index is 2.14. The first kappa shape index (κ1) is 17.9. The van der Waals surface area contributed by atoms with Crippen LogP contribution in [0.3, 0.4) is 0 Å². The lowest BCUT2D eigenvalue weighted by Gasteiger charge is -2.26. The van der Waals surface area contributed by atoms with Crippen LogP contribution in [0.25, 0.3) is 0 Å². The maximum atomic E-state index is 12.4. The van der Waals surface area contributed by atoms with Crippen molar-refractivity contribution in [3.63, 3.8) is 0 Å². The molecule has 1 fully saturated rings. The highest BCUT2D eigenvalue weighted by atomic mass is 16.5. The van der Waals surface area contributed by atoms with Crippen LogP contribution in [0.2, 0.25) is 0 Å². The Kier molecular flexibility index (Phi) is 6.31. The Hall–Kier alpha value is -2.41. The second kappa shape index (κ2) is 8.44. The molecular formula is C17H21NO6. The van der Waals surface area contributed by atoms with E-state index in [0.717, 1.165) is 5.56 Å². The lowest BCUT2D eigenvalue weighted by atomic mass is 10.0. The van der Waals surface area contributed by atoms with Gasteiger partial charge in [0, 0.05) is 32.4 Å². The maximum Gasteiger partial charge on any atom is 0.329 e. The zero-order valence-corrected chi connectivity index (χ0v) is 13.3. The predicted octanol–water partition coefficient (Wildman–Crippen LogP) is 0.456. The van der Waals surface area contributed by atoms with Gasteiger partial charge in [0.15, 0.2) is 0 Å². The van der Waals surface area contributed by atoms with Gasteiger partial charge in [0.2, 0.25) is 5.91 Å². The minimum absolute atomic E-state index is 0.000761. The fraction of sp³-hybridized carbons (Fsp3) is 0.471. The minimum atomic E-state index is -1.04. The highest BCUT2D eigenvalue weighted by molar-refractivity contribution is 5.90. The first-order chi connectivity index (χ1) is 11.5. The van der Waals surface area contributed by atoms with Crippen molar-refractivity contribution >= 4 is 17.8 Å². The van der Waals surface area contributed by atoms with Crippen LogP contribution in [0.5, 0.6) is 0 Å². The molecule has 2 unspecified atom stereocenters. The average molecular weight is 335 g/mol. The second-order valence-corrected chi connectivity index (χ2v) is 5.74. The molecule has 7 heteroatoms. The van der Waals surface area contributed by atoms with E-state index in [1.54, 1.807) is 0 Å². The average Bonchev–Trinajstić information content (AvgIpc) is 2.95. The number of carboxylic acids is 1. The fourth-order valence-corrected chi connectivity index (χ4v) is 2.69. The topological polar surface area (TPSA) is 104 Å². The molecule has 2 rings (SSSR count). The number of carbonyl (C=O) groups is 3. The number of esters is 1. The zero-order valence-electron chi connectivity index (χ0n) is 13.3. The number of carboxylic acid groups (broad SMARTS) is 1. The number of ether oxygens (including phenoxy) is 1. The number of amides is 1. The molecule has 0 aliphatic carbocycles. The van der Waals surface area contributed by atoms with E-state index in [1.165, 1.54) is 4.90 Å². The molecule has 24 heavy (non-hydrogen) atoms. The number of likely N-dealkylation sites (tertiary alicyclic amines) is 1. The summed E-state index contributed by atoms with van der Waals surface area (Å²) in [6.07, 6.45) is 0.469. The van der Waals surface area contributed by atoms with Crippen molar-refractivity contribution in [2.45, 2.75) is 25.3 Å². The van der Waals surface area contributed by atoms with E-state index in [2.05, 4.69) is 0 Å². The largest absolute Gasteiger partial charge is 0.481 e. The number of rotatable bonds is 8. The smallest absolute Gasteiger partial charge is 0.329 e. The van der Waals surface area contributed by atoms with Crippen molar-refractivity contribution in [3.05, 3.63) is 35.9 Å². The Morgan fingerprint density at radius 3 is 2.58 bits per heavy atom. The van der Waals surface area contributed by atoms with Gasteiger partial charge < -0.3 is 19.8 Å². The summed E-state index contributed by atoms with van der Waals surface area (Å²) >= 11 is 0. The molecule has 1 aromatic rings. The number of hydrogen-bond donors (Lipinski definition) is 2. The summed E-state index contributed by atoms with van der Waals surface area (Å²) in [5, 5.41) is 17.9. The molecule has 1 saturated heterocycles. The van der Waals surface area contributed by atoms with E-state index in [0.29, 0.717) is 6.42 Å². The lowest BCUT2D eigenvalue weighted by molar-refractivity contribution is -0.154. The van der Waals surface area contributed by atoms with Crippen LogP contribution >= 0.6 is 0 Å². The molecule has 7 nitrogen and oxygen atoms in total. The third kappa shape index (κ3) is 4.55. The number of hydrogen-bond acceptors (Lipinski definition) is 5. The summed E-state index contributed by atoms with van der Waals surface area (Å²) in [6, 6.07) is 8.32. The van der Waals surface area contributed by atoms with Crippen LogP contribution < -0.4 is 0 Å². The first-order valence-electron chi connectivity index (χ1n) is 7.86. The monoisotopic (exact) mass is 335 g/mol. The third-order valence-corrected chi connectivity index (χ3v) is 3.97. The van der Waals surface area contributed by atoms with Crippen molar-refractivity contribution in [2.75, 3.05) is 19.8 Å². The Bertz CT molecular complexity index is 588. The van der Waals surface area contributed by atoms with Crippen molar-refractivity contribution in [3.8, 4) is 0 Å². The van der Waals surface area contributed by atoms with Crippen LogP contribution in [0.15, 0.2) is 30.3 Å². The van der Waals surface area contributed by atoms with Crippen molar-refractivity contribution in [2.24, 2.45) is 5.92 Å². The Morgan fingerprint density at radius 2 is 2.00 bits per heavy atom. The summed E-state index contributed by atoms with van der Waals surface area (Å²) in [7, 11) is 0. The van der Waals surface area contributed by atoms with Gasteiger partial charge in [0.05, 0.1) is 12.5 Å². The number of aliphatic carboxylic acids is 1. The first-order valence-corrected chi connectivity index (χ1v) is 7.86. The molecule has 0 aromatic heterocycles. The van der Waals surface area contributed by atoms with Gasteiger partial charge in [0.25, 0.3) is 0 Å². The molecular weight excluding hydrogens is 314 g/mol. The van der Waals surface area contributed by atoms with Crippen molar-refractivity contribution < 1.29 is 29.3 Å². The predicted molar refractivity (Wildman–Crippen MR) is 84.1 cm³/mol. The molecule has 0 spiro atoms. The van der Waals surface area contributed by atoms with Gasteiger partial charge in [-0.3, -0.25) is 9.59 Å². The molecule has 130 valence electrons. The van der Waals surface area contributed by atoms with E-state index < -0.39 is 23.9 Å². The number of nitrogens with zero attached hydrogens (tertiary/aromatic N) is 1. The van der Waals surface area contributed by atoms with Crippen molar-refractivity contribution in [1.82, 2.24) is 4.90 Å². The highest BCUT2D eigenvalue weighted by Crippen LogP contribution is 2.23. The molecule has 1 heterocycles. The molecule has 1 aliphatic rings. The van der Waals surface area contributed by atoms with Crippen LogP contribution in [-0.4, -0.2) is 58.8 Å². The summed E-state index contributed by atoms with van der Waals surface area (Å²) in [5.74, 6) is -2.78. The quantitative estimate of drug-likeness (QED) is 0.528. The third-order valence-electron chi connectivity index (χ3n) is 3.97. The molecule has 2 atom stereocenters. The van der Waals surface area contributed by atoms with Gasteiger partial charge in [0.1, 0.15) is 6.04 Å². The summed E-state index contributed by atoms with van der Waals surface area (Å²) < 4.78 is 5.13. The molecule has 1 amide bonds. The normalized spacial score (nSPS) is 18.5. The van der Waals surface area contributed by atoms with Crippen LogP contribution in [-0.2, 0) is 25.5 Å². The van der Waals surface area contributed by atoms with Gasteiger partial charge in [-0.25, -0.2) is 4.79 Å². The van der Waals surface area contributed by atoms with E-state index in [4.69, 9.17) is 14.9 Å². The minimum Gasteiger partial charge on any atom is -0.481 e. The second-order valence-electron chi connectivity index (χ2n) is 5.74. The Labute approximate surface area is 139 Å². The Morgan fingerprint density at radius 1 is 1.29 bits per heavy atom.